The molecule has 1 aliphatic heterocycles. The maximum absolute atomic E-state index is 5.41. The van der Waals surface area contributed by atoms with Gasteiger partial charge in [0.25, 0.3) is 0 Å². The van der Waals surface area contributed by atoms with Crippen LogP contribution in [-0.4, -0.2) is 50.8 Å². The quantitative estimate of drug-likeness (QED) is 0.738. The first-order valence-corrected chi connectivity index (χ1v) is 7.83. The van der Waals surface area contributed by atoms with Crippen LogP contribution < -0.4 is 5.32 Å². The van der Waals surface area contributed by atoms with Crippen LogP contribution in [0.15, 0.2) is 30.3 Å². The van der Waals surface area contributed by atoms with Crippen LogP contribution >= 0.6 is 0 Å². The summed E-state index contributed by atoms with van der Waals surface area (Å²) in [5, 5.41) is 3.53. The van der Waals surface area contributed by atoms with E-state index in [9.17, 15) is 0 Å². The number of benzene rings is 1. The maximum Gasteiger partial charge on any atom is 0.0630 e. The van der Waals surface area contributed by atoms with E-state index in [4.69, 9.17) is 4.74 Å². The molecule has 1 heterocycles. The molecule has 2 atom stereocenters. The number of rotatable bonds is 8. The molecule has 1 fully saturated rings. The average Bonchev–Trinajstić information content (AvgIpc) is 2.97. The summed E-state index contributed by atoms with van der Waals surface area (Å²) in [6, 6.07) is 11.4. The van der Waals surface area contributed by atoms with Crippen LogP contribution in [0.2, 0.25) is 0 Å². The summed E-state index contributed by atoms with van der Waals surface area (Å²) in [7, 11) is 1.80. The zero-order chi connectivity index (χ0) is 14.2. The summed E-state index contributed by atoms with van der Waals surface area (Å²) in [5.41, 5.74) is 1.48. The van der Waals surface area contributed by atoms with Gasteiger partial charge in [-0.3, -0.25) is 4.90 Å². The SMILES string of the molecule is CCCNCC(COC)N1CCC(c2ccccc2)C1. The third-order valence-electron chi connectivity index (χ3n) is 4.17. The normalized spacial score (nSPS) is 21.2. The van der Waals surface area contributed by atoms with E-state index in [1.54, 1.807) is 7.11 Å². The number of ether oxygens (including phenoxy) is 1. The van der Waals surface area contributed by atoms with Gasteiger partial charge in [-0.25, -0.2) is 0 Å². The van der Waals surface area contributed by atoms with Crippen molar-refractivity contribution in [3.63, 3.8) is 0 Å². The Bertz CT molecular complexity index is 369. The molecule has 3 nitrogen and oxygen atoms in total. The Morgan fingerprint density at radius 2 is 2.15 bits per heavy atom. The van der Waals surface area contributed by atoms with Gasteiger partial charge in [0, 0.05) is 26.2 Å². The second-order valence-electron chi connectivity index (χ2n) is 5.70. The van der Waals surface area contributed by atoms with E-state index in [-0.39, 0.29) is 0 Å². The average molecular weight is 276 g/mol. The van der Waals surface area contributed by atoms with Crippen LogP contribution in [0, 0.1) is 0 Å². The predicted molar refractivity (Wildman–Crippen MR) is 84.2 cm³/mol. The Kier molecular flexibility index (Phi) is 6.51. The molecule has 0 amide bonds. The van der Waals surface area contributed by atoms with Crippen LogP contribution in [-0.2, 0) is 4.74 Å². The Morgan fingerprint density at radius 1 is 1.35 bits per heavy atom. The molecule has 1 aromatic carbocycles. The molecular formula is C17H28N2O. The van der Waals surface area contributed by atoms with Gasteiger partial charge in [0.1, 0.15) is 0 Å². The van der Waals surface area contributed by atoms with Gasteiger partial charge >= 0.3 is 0 Å². The summed E-state index contributed by atoms with van der Waals surface area (Å²) in [6.45, 7) is 7.49. The molecule has 1 aromatic rings. The minimum Gasteiger partial charge on any atom is -0.383 e. The molecule has 3 heteroatoms. The zero-order valence-electron chi connectivity index (χ0n) is 12.8. The molecule has 1 N–H and O–H groups in total. The highest BCUT2D eigenvalue weighted by Crippen LogP contribution is 2.28. The number of hydrogen-bond acceptors (Lipinski definition) is 3. The van der Waals surface area contributed by atoms with E-state index in [0.717, 1.165) is 26.2 Å². The molecule has 0 aromatic heterocycles. The van der Waals surface area contributed by atoms with Crippen LogP contribution in [0.25, 0.3) is 0 Å². The summed E-state index contributed by atoms with van der Waals surface area (Å²) < 4.78 is 5.41. The number of methoxy groups -OCH3 is 1. The summed E-state index contributed by atoms with van der Waals surface area (Å²) in [6.07, 6.45) is 2.45. The first-order valence-electron chi connectivity index (χ1n) is 7.83. The maximum atomic E-state index is 5.41. The number of likely N-dealkylation sites (tertiary alicyclic amines) is 1. The Morgan fingerprint density at radius 3 is 2.85 bits per heavy atom. The van der Waals surface area contributed by atoms with Crippen molar-refractivity contribution in [2.75, 3.05) is 39.9 Å². The van der Waals surface area contributed by atoms with Crippen molar-refractivity contribution >= 4 is 0 Å². The lowest BCUT2D eigenvalue weighted by Crippen LogP contribution is -2.44. The Hall–Kier alpha value is -0.900. The summed E-state index contributed by atoms with van der Waals surface area (Å²) in [5.74, 6) is 0.682. The lowest BCUT2D eigenvalue weighted by Gasteiger charge is -2.27. The highest BCUT2D eigenvalue weighted by Gasteiger charge is 2.28. The van der Waals surface area contributed by atoms with Crippen molar-refractivity contribution in [3.8, 4) is 0 Å². The van der Waals surface area contributed by atoms with E-state index >= 15 is 0 Å². The van der Waals surface area contributed by atoms with Gasteiger partial charge < -0.3 is 10.1 Å². The van der Waals surface area contributed by atoms with Gasteiger partial charge in [0.05, 0.1) is 6.61 Å². The molecule has 112 valence electrons. The van der Waals surface area contributed by atoms with E-state index in [0.29, 0.717) is 12.0 Å². The largest absolute Gasteiger partial charge is 0.383 e. The second-order valence-corrected chi connectivity index (χ2v) is 5.70. The topological polar surface area (TPSA) is 24.5 Å². The molecule has 2 rings (SSSR count). The van der Waals surface area contributed by atoms with Gasteiger partial charge in [-0.15, -0.1) is 0 Å². The second kappa shape index (κ2) is 8.40. The molecule has 0 radical (unpaired) electrons. The Balaban J connectivity index is 1.88. The molecule has 0 bridgehead atoms. The minimum absolute atomic E-state index is 0.500. The summed E-state index contributed by atoms with van der Waals surface area (Å²) >= 11 is 0. The van der Waals surface area contributed by atoms with E-state index in [1.165, 1.54) is 24.9 Å². The van der Waals surface area contributed by atoms with Gasteiger partial charge in [-0.1, -0.05) is 37.3 Å². The predicted octanol–water partition coefficient (Wildman–Crippen LogP) is 2.49. The van der Waals surface area contributed by atoms with Crippen LogP contribution in [0.5, 0.6) is 0 Å². The number of hydrogen-bond donors (Lipinski definition) is 1. The number of nitrogens with zero attached hydrogens (tertiary/aromatic N) is 1. The van der Waals surface area contributed by atoms with Crippen molar-refractivity contribution in [1.82, 2.24) is 10.2 Å². The van der Waals surface area contributed by atoms with Crippen molar-refractivity contribution < 1.29 is 4.74 Å². The molecule has 20 heavy (non-hydrogen) atoms. The van der Waals surface area contributed by atoms with Gasteiger partial charge in [-0.05, 0) is 37.4 Å². The van der Waals surface area contributed by atoms with E-state index in [2.05, 4.69) is 47.5 Å². The molecule has 0 saturated carbocycles. The third kappa shape index (κ3) is 4.30. The van der Waals surface area contributed by atoms with Crippen LogP contribution in [0.3, 0.4) is 0 Å². The van der Waals surface area contributed by atoms with Gasteiger partial charge in [0.15, 0.2) is 0 Å². The van der Waals surface area contributed by atoms with E-state index < -0.39 is 0 Å². The number of nitrogens with one attached hydrogen (secondary N) is 1. The fourth-order valence-corrected chi connectivity index (χ4v) is 3.05. The molecule has 0 spiro atoms. The first-order chi connectivity index (χ1) is 9.85. The monoisotopic (exact) mass is 276 g/mol. The van der Waals surface area contributed by atoms with Crippen molar-refractivity contribution in [2.24, 2.45) is 0 Å². The van der Waals surface area contributed by atoms with Crippen molar-refractivity contribution in [3.05, 3.63) is 35.9 Å². The minimum atomic E-state index is 0.500. The fraction of sp³-hybridized carbons (Fsp3) is 0.647. The standard InChI is InChI=1S/C17H28N2O/c1-3-10-18-12-17(14-20-2)19-11-9-16(13-19)15-7-5-4-6-8-15/h4-8,16-18H,3,9-14H2,1-2H3. The Labute approximate surface area is 123 Å². The van der Waals surface area contributed by atoms with Gasteiger partial charge in [0.2, 0.25) is 0 Å². The fourth-order valence-electron chi connectivity index (χ4n) is 3.05. The van der Waals surface area contributed by atoms with Gasteiger partial charge in [-0.2, -0.15) is 0 Å². The summed E-state index contributed by atoms with van der Waals surface area (Å²) in [4.78, 5) is 2.59. The smallest absolute Gasteiger partial charge is 0.0630 e. The highest BCUT2D eigenvalue weighted by atomic mass is 16.5. The van der Waals surface area contributed by atoms with Crippen molar-refractivity contribution in [2.45, 2.75) is 31.7 Å². The highest BCUT2D eigenvalue weighted by molar-refractivity contribution is 5.21. The molecule has 0 aliphatic carbocycles. The first kappa shape index (κ1) is 15.5. The van der Waals surface area contributed by atoms with Crippen LogP contribution in [0.4, 0.5) is 0 Å². The molecule has 1 aliphatic rings. The molecular weight excluding hydrogens is 248 g/mol. The lowest BCUT2D eigenvalue weighted by molar-refractivity contribution is 0.103. The third-order valence-corrected chi connectivity index (χ3v) is 4.17. The van der Waals surface area contributed by atoms with Crippen LogP contribution in [0.1, 0.15) is 31.2 Å². The molecule has 1 saturated heterocycles. The molecule has 2 unspecified atom stereocenters. The van der Waals surface area contributed by atoms with E-state index in [1.807, 2.05) is 0 Å². The van der Waals surface area contributed by atoms with Crippen molar-refractivity contribution in [1.29, 1.82) is 0 Å². The lowest BCUT2D eigenvalue weighted by atomic mass is 9.99. The zero-order valence-corrected chi connectivity index (χ0v) is 12.8.